The Balaban J connectivity index is 1.58. The molecule has 0 fully saturated rings. The number of hydrogen-bond donors (Lipinski definition) is 5. The molecule has 220 valence electrons. The highest BCUT2D eigenvalue weighted by atomic mass is 32.2. The molecule has 6 N–H and O–H groups in total. The van der Waals surface area contributed by atoms with Crippen LogP contribution in [0.4, 0.5) is 10.5 Å². The predicted molar refractivity (Wildman–Crippen MR) is 152 cm³/mol. The van der Waals surface area contributed by atoms with Gasteiger partial charge >= 0.3 is 12.1 Å². The van der Waals surface area contributed by atoms with E-state index >= 15 is 0 Å². The van der Waals surface area contributed by atoms with Gasteiger partial charge in [-0.25, -0.2) is 13.2 Å². The summed E-state index contributed by atoms with van der Waals surface area (Å²) in [4.78, 5) is 49.4. The van der Waals surface area contributed by atoms with Gasteiger partial charge in [-0.1, -0.05) is 60.7 Å². The summed E-state index contributed by atoms with van der Waals surface area (Å²) in [6.45, 7) is 1.42. The fourth-order valence-electron chi connectivity index (χ4n) is 3.79. The molecule has 3 amide bonds. The largest absolute Gasteiger partial charge is 0.480 e. The van der Waals surface area contributed by atoms with Crippen molar-refractivity contribution in [1.29, 1.82) is 5.41 Å². The van der Waals surface area contributed by atoms with E-state index in [2.05, 4.69) is 10.0 Å². The molecule has 0 saturated heterocycles. The van der Waals surface area contributed by atoms with Crippen LogP contribution in [0, 0.1) is 12.3 Å². The zero-order chi connectivity index (χ0) is 30.9. The van der Waals surface area contributed by atoms with Crippen molar-refractivity contribution < 1.29 is 37.4 Å². The van der Waals surface area contributed by atoms with Gasteiger partial charge in [-0.2, -0.15) is 9.62 Å². The van der Waals surface area contributed by atoms with Crippen LogP contribution in [0.1, 0.15) is 23.1 Å². The number of benzene rings is 3. The van der Waals surface area contributed by atoms with Gasteiger partial charge in [0.05, 0.1) is 4.90 Å². The van der Waals surface area contributed by atoms with Crippen molar-refractivity contribution >= 4 is 45.5 Å². The Kier molecular flexibility index (Phi) is 10.5. The third-order valence-corrected chi connectivity index (χ3v) is 7.48. The minimum Gasteiger partial charge on any atom is -0.480 e. The Morgan fingerprint density at radius 1 is 0.952 bits per heavy atom. The van der Waals surface area contributed by atoms with E-state index in [0.29, 0.717) is 16.7 Å². The molecule has 3 aromatic carbocycles. The van der Waals surface area contributed by atoms with Crippen molar-refractivity contribution in [2.45, 2.75) is 37.3 Å². The van der Waals surface area contributed by atoms with Crippen LogP contribution in [0.5, 0.6) is 0 Å². The van der Waals surface area contributed by atoms with E-state index in [1.807, 2.05) is 0 Å². The Morgan fingerprint density at radius 3 is 2.17 bits per heavy atom. The molecule has 3 aromatic rings. The van der Waals surface area contributed by atoms with Gasteiger partial charge in [0.2, 0.25) is 27.8 Å². The number of carbonyl (C=O) groups excluding carboxylic acids is 3. The second-order valence-electron chi connectivity index (χ2n) is 9.06. The zero-order valence-corrected chi connectivity index (χ0v) is 23.3. The normalized spacial score (nSPS) is 11.6. The van der Waals surface area contributed by atoms with Crippen LogP contribution in [0.2, 0.25) is 0 Å². The van der Waals surface area contributed by atoms with Gasteiger partial charge in [-0.15, -0.1) is 0 Å². The van der Waals surface area contributed by atoms with Crippen LogP contribution < -0.4 is 15.8 Å². The summed E-state index contributed by atoms with van der Waals surface area (Å²) in [5.74, 6) is -4.19. The third kappa shape index (κ3) is 8.71. The molecule has 0 aliphatic carbocycles. The Bertz CT molecular complexity index is 1580. The maximum atomic E-state index is 12.8. The minimum atomic E-state index is -4.11. The number of aryl methyl sites for hydroxylation is 1. The second-order valence-corrected chi connectivity index (χ2v) is 10.7. The first-order chi connectivity index (χ1) is 19.9. The molecule has 3 rings (SSSR count). The minimum absolute atomic E-state index is 0.0309. The van der Waals surface area contributed by atoms with Gasteiger partial charge in [0.1, 0.15) is 19.1 Å². The van der Waals surface area contributed by atoms with E-state index in [1.165, 1.54) is 36.4 Å². The third-order valence-electron chi connectivity index (χ3n) is 5.85. The van der Waals surface area contributed by atoms with E-state index in [4.69, 9.17) is 15.9 Å². The monoisotopic (exact) mass is 595 g/mol. The van der Waals surface area contributed by atoms with Crippen molar-refractivity contribution in [2.24, 2.45) is 5.73 Å². The van der Waals surface area contributed by atoms with Crippen LogP contribution >= 0.6 is 0 Å². The molecule has 0 radical (unpaired) electrons. The first-order valence-electron chi connectivity index (χ1n) is 12.4. The molecule has 0 aromatic heterocycles. The van der Waals surface area contributed by atoms with Crippen LogP contribution in [0.25, 0.3) is 0 Å². The summed E-state index contributed by atoms with van der Waals surface area (Å²) in [6.07, 6.45) is -2.23. The van der Waals surface area contributed by atoms with Crippen molar-refractivity contribution in [1.82, 2.24) is 9.62 Å². The number of guanidine groups is 1. The standard InChI is InChI=1S/C28H29N5O8S/c1-18-7-5-6-10-23(18)42(39,40)32-22(26(36)37)15-19-11-13-21(14-12-19)31-24(34)16-25(35)33(27(29)30)28(38)41-17-20-8-3-2-4-9-20/h2-14,22,32H,15-17H2,1H3,(H3,29,30)(H,31,34)(H,36,37)/t22-/m0/s1. The molecule has 13 nitrogen and oxygen atoms in total. The van der Waals surface area contributed by atoms with E-state index in [0.717, 1.165) is 0 Å². The Labute approximate surface area is 241 Å². The quantitative estimate of drug-likeness (QED) is 0.125. The fraction of sp³-hybridized carbons (Fsp3) is 0.179. The van der Waals surface area contributed by atoms with E-state index in [9.17, 15) is 32.7 Å². The van der Waals surface area contributed by atoms with E-state index < -0.39 is 52.3 Å². The molecule has 0 aliphatic rings. The van der Waals surface area contributed by atoms with Gasteiger partial charge in [0.15, 0.2) is 0 Å². The maximum Gasteiger partial charge on any atom is 0.423 e. The van der Waals surface area contributed by atoms with Crippen molar-refractivity contribution in [2.75, 3.05) is 5.32 Å². The number of rotatable bonds is 11. The number of carboxylic acids is 1. The number of imide groups is 1. The molecular formula is C28H29N5O8S. The first-order valence-corrected chi connectivity index (χ1v) is 13.9. The number of amides is 3. The van der Waals surface area contributed by atoms with Gasteiger partial charge in [0, 0.05) is 5.69 Å². The molecule has 1 atom stereocenters. The molecule has 0 aliphatic heterocycles. The SMILES string of the molecule is Cc1ccccc1S(=O)(=O)N[C@@H](Cc1ccc(NC(=O)CC(=O)N(C(=N)N)C(=O)OCc2ccccc2)cc1)C(=O)O. The molecule has 0 unspecified atom stereocenters. The summed E-state index contributed by atoms with van der Waals surface area (Å²) in [6, 6.07) is 19.2. The van der Waals surface area contributed by atoms with Crippen LogP contribution in [-0.4, -0.2) is 54.3 Å². The topological polar surface area (TPSA) is 209 Å². The molecule has 0 spiro atoms. The molecule has 0 bridgehead atoms. The average Bonchev–Trinajstić information content (AvgIpc) is 2.93. The lowest BCUT2D eigenvalue weighted by molar-refractivity contribution is -0.139. The van der Waals surface area contributed by atoms with Crippen molar-refractivity contribution in [3.05, 3.63) is 95.6 Å². The van der Waals surface area contributed by atoms with Crippen LogP contribution in [0.3, 0.4) is 0 Å². The summed E-state index contributed by atoms with van der Waals surface area (Å²) in [7, 11) is -4.11. The lowest BCUT2D eigenvalue weighted by atomic mass is 10.1. The maximum absolute atomic E-state index is 12.8. The summed E-state index contributed by atoms with van der Waals surface area (Å²) >= 11 is 0. The smallest absolute Gasteiger partial charge is 0.423 e. The molecule has 0 saturated carbocycles. The molecular weight excluding hydrogens is 566 g/mol. The van der Waals surface area contributed by atoms with Gasteiger partial charge in [-0.3, -0.25) is 19.8 Å². The number of carboxylic acid groups (broad SMARTS) is 1. The van der Waals surface area contributed by atoms with E-state index in [1.54, 1.807) is 49.4 Å². The summed E-state index contributed by atoms with van der Waals surface area (Å²) in [5.41, 5.74) is 7.16. The van der Waals surface area contributed by atoms with Crippen molar-refractivity contribution in [3.8, 4) is 0 Å². The van der Waals surface area contributed by atoms with E-state index in [-0.39, 0.29) is 28.5 Å². The van der Waals surface area contributed by atoms with Crippen LogP contribution in [0.15, 0.2) is 83.8 Å². The number of anilines is 1. The molecule has 0 heterocycles. The first kappa shape index (κ1) is 31.4. The molecule has 42 heavy (non-hydrogen) atoms. The number of nitrogens with zero attached hydrogens (tertiary/aromatic N) is 1. The Hall–Kier alpha value is -5.08. The van der Waals surface area contributed by atoms with Crippen LogP contribution in [-0.2, 0) is 42.2 Å². The number of nitrogens with one attached hydrogen (secondary N) is 3. The number of hydrogen-bond acceptors (Lipinski definition) is 8. The Morgan fingerprint density at radius 2 is 1.57 bits per heavy atom. The number of aliphatic carboxylic acids is 1. The summed E-state index contributed by atoms with van der Waals surface area (Å²) in [5, 5.41) is 19.6. The molecule has 14 heteroatoms. The number of carbonyl (C=O) groups is 4. The zero-order valence-electron chi connectivity index (χ0n) is 22.4. The number of ether oxygens (including phenoxy) is 1. The summed E-state index contributed by atoms with van der Waals surface area (Å²) < 4.78 is 32.7. The van der Waals surface area contributed by atoms with Gasteiger partial charge in [-0.05, 0) is 48.2 Å². The highest BCUT2D eigenvalue weighted by Gasteiger charge is 2.29. The van der Waals surface area contributed by atoms with Gasteiger partial charge < -0.3 is 20.9 Å². The highest BCUT2D eigenvalue weighted by molar-refractivity contribution is 7.89. The lowest BCUT2D eigenvalue weighted by Crippen LogP contribution is -2.46. The predicted octanol–water partition coefficient (Wildman–Crippen LogP) is 2.36. The fourth-order valence-corrected chi connectivity index (χ4v) is 5.22. The lowest BCUT2D eigenvalue weighted by Gasteiger charge is -2.18. The average molecular weight is 596 g/mol. The second kappa shape index (κ2) is 14.0. The number of nitrogens with two attached hydrogens (primary N) is 1. The highest BCUT2D eigenvalue weighted by Crippen LogP contribution is 2.17. The van der Waals surface area contributed by atoms with Gasteiger partial charge in [0.25, 0.3) is 0 Å². The van der Waals surface area contributed by atoms with Crippen molar-refractivity contribution in [3.63, 3.8) is 0 Å². The number of sulfonamides is 1.